The predicted octanol–water partition coefficient (Wildman–Crippen LogP) is 3.52. The summed E-state index contributed by atoms with van der Waals surface area (Å²) in [6.07, 6.45) is 0.702. The zero-order valence-electron chi connectivity index (χ0n) is 10.9. The minimum Gasteiger partial charge on any atom is -0.394 e. The molecule has 2 amide bonds. The first kappa shape index (κ1) is 16.1. The molecule has 19 heavy (non-hydrogen) atoms. The van der Waals surface area contributed by atoms with Gasteiger partial charge in [0.25, 0.3) is 0 Å². The molecule has 3 N–H and O–H groups in total. The summed E-state index contributed by atoms with van der Waals surface area (Å²) in [6.45, 7) is 3.95. The van der Waals surface area contributed by atoms with Gasteiger partial charge in [-0.25, -0.2) is 4.79 Å². The zero-order valence-corrected chi connectivity index (χ0v) is 12.4. The van der Waals surface area contributed by atoms with Gasteiger partial charge in [0.15, 0.2) is 0 Å². The maximum Gasteiger partial charge on any atom is 0.319 e. The molecule has 0 aromatic heterocycles. The molecule has 0 aliphatic rings. The predicted molar refractivity (Wildman–Crippen MR) is 78.9 cm³/mol. The number of nitrogens with one attached hydrogen (secondary N) is 2. The molecule has 4 nitrogen and oxygen atoms in total. The Balaban J connectivity index is 2.61. The SMILES string of the molecule is CC(C)CC(CO)NC(=O)Nc1cc(Cl)ccc1Cl. The summed E-state index contributed by atoms with van der Waals surface area (Å²) in [6, 6.07) is 4.13. The van der Waals surface area contributed by atoms with Crippen LogP contribution >= 0.6 is 23.2 Å². The highest BCUT2D eigenvalue weighted by atomic mass is 35.5. The molecule has 0 aliphatic heterocycles. The molecule has 0 saturated carbocycles. The molecular weight excluding hydrogens is 287 g/mol. The lowest BCUT2D eigenvalue weighted by Crippen LogP contribution is -2.41. The van der Waals surface area contributed by atoms with Gasteiger partial charge >= 0.3 is 6.03 Å². The van der Waals surface area contributed by atoms with Crippen molar-refractivity contribution in [3.05, 3.63) is 28.2 Å². The van der Waals surface area contributed by atoms with Crippen LogP contribution in [-0.4, -0.2) is 23.8 Å². The number of amides is 2. The monoisotopic (exact) mass is 304 g/mol. The van der Waals surface area contributed by atoms with Crippen LogP contribution in [0.1, 0.15) is 20.3 Å². The quantitative estimate of drug-likeness (QED) is 0.779. The van der Waals surface area contributed by atoms with Gasteiger partial charge in [-0.3, -0.25) is 0 Å². The molecule has 1 unspecified atom stereocenters. The summed E-state index contributed by atoms with van der Waals surface area (Å²) in [4.78, 5) is 11.8. The van der Waals surface area contributed by atoms with Crippen LogP contribution in [0.3, 0.4) is 0 Å². The number of rotatable bonds is 5. The smallest absolute Gasteiger partial charge is 0.319 e. The van der Waals surface area contributed by atoms with Crippen molar-refractivity contribution in [2.24, 2.45) is 5.92 Å². The van der Waals surface area contributed by atoms with Crippen LogP contribution in [0.15, 0.2) is 18.2 Å². The van der Waals surface area contributed by atoms with Crippen LogP contribution in [0.5, 0.6) is 0 Å². The third-order valence-corrected chi connectivity index (χ3v) is 3.05. The fraction of sp³-hybridized carbons (Fsp3) is 0.462. The Labute approximate surface area is 123 Å². The Bertz CT molecular complexity index is 439. The van der Waals surface area contributed by atoms with Gasteiger partial charge in [0, 0.05) is 5.02 Å². The Kier molecular flexibility index (Phi) is 6.42. The molecule has 1 atom stereocenters. The van der Waals surface area contributed by atoms with Gasteiger partial charge in [-0.2, -0.15) is 0 Å². The summed E-state index contributed by atoms with van der Waals surface area (Å²) in [7, 11) is 0. The normalized spacial score (nSPS) is 12.3. The first-order valence-electron chi connectivity index (χ1n) is 6.05. The third-order valence-electron chi connectivity index (χ3n) is 2.49. The van der Waals surface area contributed by atoms with E-state index in [9.17, 15) is 9.90 Å². The summed E-state index contributed by atoms with van der Waals surface area (Å²) >= 11 is 11.8. The van der Waals surface area contributed by atoms with Crippen LogP contribution in [0.2, 0.25) is 10.0 Å². The maximum atomic E-state index is 11.8. The van der Waals surface area contributed by atoms with Crippen molar-refractivity contribution in [1.29, 1.82) is 0 Å². The third kappa shape index (κ3) is 5.68. The fourth-order valence-electron chi connectivity index (χ4n) is 1.69. The van der Waals surface area contributed by atoms with E-state index in [1.165, 1.54) is 0 Å². The number of hydrogen-bond donors (Lipinski definition) is 3. The summed E-state index contributed by atoms with van der Waals surface area (Å²) < 4.78 is 0. The van der Waals surface area contributed by atoms with Crippen LogP contribution in [-0.2, 0) is 0 Å². The van der Waals surface area contributed by atoms with Gasteiger partial charge in [-0.1, -0.05) is 37.0 Å². The van der Waals surface area contributed by atoms with Crippen molar-refractivity contribution in [2.45, 2.75) is 26.3 Å². The van der Waals surface area contributed by atoms with Crippen LogP contribution in [0.4, 0.5) is 10.5 Å². The van der Waals surface area contributed by atoms with Crippen molar-refractivity contribution in [2.75, 3.05) is 11.9 Å². The lowest BCUT2D eigenvalue weighted by Gasteiger charge is -2.18. The van der Waals surface area contributed by atoms with Gasteiger partial charge in [0.05, 0.1) is 23.4 Å². The first-order valence-corrected chi connectivity index (χ1v) is 6.81. The average molecular weight is 305 g/mol. The second-order valence-corrected chi connectivity index (χ2v) is 5.58. The van der Waals surface area contributed by atoms with E-state index >= 15 is 0 Å². The number of aliphatic hydroxyl groups excluding tert-OH is 1. The Morgan fingerprint density at radius 2 is 2.05 bits per heavy atom. The van der Waals surface area contributed by atoms with Crippen molar-refractivity contribution in [3.8, 4) is 0 Å². The molecule has 0 spiro atoms. The number of benzene rings is 1. The Hall–Kier alpha value is -0.970. The molecule has 1 aromatic rings. The van der Waals surface area contributed by atoms with Crippen LogP contribution in [0.25, 0.3) is 0 Å². The van der Waals surface area contributed by atoms with E-state index in [2.05, 4.69) is 10.6 Å². The largest absolute Gasteiger partial charge is 0.394 e. The highest BCUT2D eigenvalue weighted by Crippen LogP contribution is 2.25. The van der Waals surface area contributed by atoms with Gasteiger partial charge < -0.3 is 15.7 Å². The zero-order chi connectivity index (χ0) is 14.4. The van der Waals surface area contributed by atoms with E-state index in [1.54, 1.807) is 18.2 Å². The first-order chi connectivity index (χ1) is 8.92. The molecule has 0 aliphatic carbocycles. The number of urea groups is 1. The molecule has 1 rings (SSSR count). The van der Waals surface area contributed by atoms with Crippen LogP contribution < -0.4 is 10.6 Å². The van der Waals surface area contributed by atoms with Gasteiger partial charge in [-0.15, -0.1) is 0 Å². The Morgan fingerprint density at radius 3 is 2.63 bits per heavy atom. The van der Waals surface area contributed by atoms with E-state index in [0.29, 0.717) is 28.1 Å². The summed E-state index contributed by atoms with van der Waals surface area (Å²) in [5, 5.41) is 15.4. The minimum atomic E-state index is -0.413. The van der Waals surface area contributed by atoms with Crippen molar-refractivity contribution in [3.63, 3.8) is 0 Å². The molecular formula is C13H18Cl2N2O2. The molecule has 0 bridgehead atoms. The van der Waals surface area contributed by atoms with E-state index in [-0.39, 0.29) is 12.6 Å². The van der Waals surface area contributed by atoms with Gasteiger partial charge in [-0.05, 0) is 30.5 Å². The van der Waals surface area contributed by atoms with Crippen LogP contribution in [0, 0.1) is 5.92 Å². The summed E-state index contributed by atoms with van der Waals surface area (Å²) in [5.74, 6) is 0.382. The van der Waals surface area contributed by atoms with Gasteiger partial charge in [0.1, 0.15) is 0 Å². The molecule has 6 heteroatoms. The van der Waals surface area contributed by atoms with Crippen molar-refractivity contribution in [1.82, 2.24) is 5.32 Å². The van der Waals surface area contributed by atoms with Crippen molar-refractivity contribution < 1.29 is 9.90 Å². The number of hydrogen-bond acceptors (Lipinski definition) is 2. The number of halogens is 2. The van der Waals surface area contributed by atoms with E-state index in [4.69, 9.17) is 23.2 Å². The van der Waals surface area contributed by atoms with Crippen molar-refractivity contribution >= 4 is 34.9 Å². The minimum absolute atomic E-state index is 0.102. The Morgan fingerprint density at radius 1 is 1.37 bits per heavy atom. The molecule has 1 aromatic carbocycles. The molecule has 0 fully saturated rings. The highest BCUT2D eigenvalue weighted by Gasteiger charge is 2.14. The second-order valence-electron chi connectivity index (χ2n) is 4.73. The van der Waals surface area contributed by atoms with E-state index < -0.39 is 6.03 Å². The lowest BCUT2D eigenvalue weighted by atomic mass is 10.0. The highest BCUT2D eigenvalue weighted by molar-refractivity contribution is 6.35. The standard InChI is InChI=1S/C13H18Cl2N2O2/c1-8(2)5-10(7-18)16-13(19)17-12-6-9(14)3-4-11(12)15/h3-4,6,8,10,18H,5,7H2,1-2H3,(H2,16,17,19). The topological polar surface area (TPSA) is 61.4 Å². The van der Waals surface area contributed by atoms with Gasteiger partial charge in [0.2, 0.25) is 0 Å². The molecule has 0 radical (unpaired) electrons. The molecule has 0 saturated heterocycles. The molecule has 0 heterocycles. The fourth-order valence-corrected chi connectivity index (χ4v) is 2.02. The second kappa shape index (κ2) is 7.58. The lowest BCUT2D eigenvalue weighted by molar-refractivity contribution is 0.214. The average Bonchev–Trinajstić information content (AvgIpc) is 2.32. The summed E-state index contributed by atoms with van der Waals surface area (Å²) in [5.41, 5.74) is 0.438. The maximum absolute atomic E-state index is 11.8. The van der Waals surface area contributed by atoms with E-state index in [0.717, 1.165) is 0 Å². The number of anilines is 1. The number of carbonyl (C=O) groups is 1. The van der Waals surface area contributed by atoms with E-state index in [1.807, 2.05) is 13.8 Å². The molecule has 106 valence electrons. The number of carbonyl (C=O) groups excluding carboxylic acids is 1. The number of aliphatic hydroxyl groups is 1.